The van der Waals surface area contributed by atoms with E-state index in [1.165, 1.54) is 22.3 Å². The first kappa shape index (κ1) is 31.8. The summed E-state index contributed by atoms with van der Waals surface area (Å²) >= 11 is 0. The summed E-state index contributed by atoms with van der Waals surface area (Å²) in [5.41, 5.74) is 6.71. The Hall–Kier alpha value is -4.92. The monoisotopic (exact) mass is 692 g/mol. The van der Waals surface area contributed by atoms with Crippen molar-refractivity contribution in [3.05, 3.63) is 131 Å². The smallest absolute Gasteiger partial charge is 0.140 e. The van der Waals surface area contributed by atoms with Crippen LogP contribution in [-0.2, 0) is 24.4 Å². The Morgan fingerprint density at radius 1 is 0.577 bits per heavy atom. The molecule has 2 fully saturated rings. The molecule has 1 spiro atoms. The average molecular weight is 693 g/mol. The highest BCUT2D eigenvalue weighted by atomic mass is 16.6. The minimum absolute atomic E-state index is 0.0380. The number of rotatable bonds is 12. The number of fused-ring (bicyclic) bond motifs is 13. The molecule has 7 heteroatoms. The molecular weight excluding hydrogens is 652 g/mol. The molecule has 2 saturated heterocycles. The minimum Gasteiger partial charge on any atom is -0.491 e. The summed E-state index contributed by atoms with van der Waals surface area (Å²) < 4.78 is 41.9. The van der Waals surface area contributed by atoms with Crippen LogP contribution in [0.15, 0.2) is 109 Å². The number of epoxide rings is 2. The number of ether oxygens (including phenoxy) is 7. The van der Waals surface area contributed by atoms with Crippen molar-refractivity contribution in [2.75, 3.05) is 39.6 Å². The first-order valence-electron chi connectivity index (χ1n) is 18.3. The molecule has 0 saturated carbocycles. The van der Waals surface area contributed by atoms with Crippen LogP contribution in [0.2, 0.25) is 0 Å². The van der Waals surface area contributed by atoms with Crippen LogP contribution in [0.3, 0.4) is 0 Å². The van der Waals surface area contributed by atoms with E-state index in [4.69, 9.17) is 33.2 Å². The molecule has 262 valence electrons. The molecule has 0 radical (unpaired) electrons. The van der Waals surface area contributed by atoms with Crippen molar-refractivity contribution in [2.45, 2.75) is 43.7 Å². The first-order valence-corrected chi connectivity index (χ1v) is 18.3. The molecule has 4 unspecified atom stereocenters. The third-order valence-electron chi connectivity index (χ3n) is 10.8. The van der Waals surface area contributed by atoms with Gasteiger partial charge in [0.15, 0.2) is 0 Å². The van der Waals surface area contributed by atoms with Crippen molar-refractivity contribution in [2.24, 2.45) is 0 Å². The van der Waals surface area contributed by atoms with Gasteiger partial charge in [-0.25, -0.2) is 0 Å². The maximum atomic E-state index is 7.17. The molecule has 3 aliphatic heterocycles. The van der Waals surface area contributed by atoms with E-state index in [1.54, 1.807) is 0 Å². The van der Waals surface area contributed by atoms with Gasteiger partial charge in [-0.2, -0.15) is 0 Å². The van der Waals surface area contributed by atoms with Gasteiger partial charge >= 0.3 is 0 Å². The second-order valence-corrected chi connectivity index (χ2v) is 14.4. The Kier molecular flexibility index (Phi) is 7.73. The fourth-order valence-electron chi connectivity index (χ4n) is 8.01. The van der Waals surface area contributed by atoms with Gasteiger partial charge in [-0.3, -0.25) is 0 Å². The Morgan fingerprint density at radius 2 is 1.04 bits per heavy atom. The molecule has 7 nitrogen and oxygen atoms in total. The summed E-state index contributed by atoms with van der Waals surface area (Å²) in [6, 6.07) is 39.1. The standard InChI is InChI=1S/C45H40O7/c1-27(46-23-33-25-50-33)21-48-31-13-15-35-29(19-31)11-17-41-43(35)52-44-36-16-14-32(49-22-28(2)47-24-34-26-51-34)20-30(36)12-18-42(44)45(41)39-9-5-3-7-37(39)38-8-4-6-10-40(38)45/h3-20,27-28,33-34H,21-26H2,1-2H3. The van der Waals surface area contributed by atoms with Crippen LogP contribution >= 0.6 is 0 Å². The maximum absolute atomic E-state index is 7.17. The minimum atomic E-state index is -0.571. The van der Waals surface area contributed by atoms with E-state index in [1.807, 2.05) is 26.0 Å². The lowest BCUT2D eigenvalue weighted by atomic mass is 9.65. The van der Waals surface area contributed by atoms with Crippen LogP contribution in [0.1, 0.15) is 36.1 Å². The Labute approximate surface area is 302 Å². The van der Waals surface area contributed by atoms with Crippen LogP contribution in [0, 0.1) is 0 Å². The first-order chi connectivity index (χ1) is 25.6. The summed E-state index contributed by atoms with van der Waals surface area (Å²) in [7, 11) is 0. The lowest BCUT2D eigenvalue weighted by Crippen LogP contribution is -2.32. The normalized spacial score (nSPS) is 19.7. The van der Waals surface area contributed by atoms with Gasteiger partial charge in [0.2, 0.25) is 0 Å². The van der Waals surface area contributed by atoms with Crippen LogP contribution in [0.4, 0.5) is 0 Å². The van der Waals surface area contributed by atoms with Crippen molar-refractivity contribution in [1.29, 1.82) is 0 Å². The molecule has 6 aromatic rings. The highest BCUT2D eigenvalue weighted by molar-refractivity contribution is 6.00. The van der Waals surface area contributed by atoms with E-state index in [0.717, 1.165) is 68.9 Å². The molecule has 3 heterocycles. The van der Waals surface area contributed by atoms with Crippen LogP contribution < -0.4 is 14.2 Å². The summed E-state index contributed by atoms with van der Waals surface area (Å²) in [5, 5.41) is 4.17. The van der Waals surface area contributed by atoms with Gasteiger partial charge in [-0.05, 0) is 83.3 Å². The van der Waals surface area contributed by atoms with E-state index >= 15 is 0 Å². The van der Waals surface area contributed by atoms with Gasteiger partial charge in [-0.15, -0.1) is 0 Å². The van der Waals surface area contributed by atoms with Gasteiger partial charge in [0.25, 0.3) is 0 Å². The van der Waals surface area contributed by atoms with Crippen molar-refractivity contribution in [1.82, 2.24) is 0 Å². The average Bonchev–Trinajstić information content (AvgIpc) is 4.13. The zero-order valence-electron chi connectivity index (χ0n) is 29.3. The van der Waals surface area contributed by atoms with E-state index in [2.05, 4.69) is 97.1 Å². The summed E-state index contributed by atoms with van der Waals surface area (Å²) in [5.74, 6) is 3.32. The van der Waals surface area contributed by atoms with Crippen molar-refractivity contribution >= 4 is 21.5 Å². The second-order valence-electron chi connectivity index (χ2n) is 14.4. The lowest BCUT2D eigenvalue weighted by molar-refractivity contribution is 0.0241. The van der Waals surface area contributed by atoms with Gasteiger partial charge in [0, 0.05) is 21.9 Å². The second kappa shape index (κ2) is 12.6. The van der Waals surface area contributed by atoms with Gasteiger partial charge in [0.1, 0.15) is 48.4 Å². The summed E-state index contributed by atoms with van der Waals surface area (Å²) in [6.07, 6.45) is 0.388. The van der Waals surface area contributed by atoms with Gasteiger partial charge in [0.05, 0.1) is 44.1 Å². The van der Waals surface area contributed by atoms with E-state index < -0.39 is 5.41 Å². The van der Waals surface area contributed by atoms with E-state index in [9.17, 15) is 0 Å². The Balaban J connectivity index is 1.07. The number of benzene rings is 6. The summed E-state index contributed by atoms with van der Waals surface area (Å²) in [6.45, 7) is 7.76. The third kappa shape index (κ3) is 5.42. The fraction of sp³-hybridized carbons (Fsp3) is 0.289. The predicted molar refractivity (Wildman–Crippen MR) is 200 cm³/mol. The molecule has 6 aromatic carbocycles. The lowest BCUT2D eigenvalue weighted by Gasteiger charge is -2.40. The number of hydrogen-bond acceptors (Lipinski definition) is 7. The predicted octanol–water partition coefficient (Wildman–Crippen LogP) is 8.83. The Morgan fingerprint density at radius 3 is 1.50 bits per heavy atom. The third-order valence-corrected chi connectivity index (χ3v) is 10.8. The molecule has 0 amide bonds. The largest absolute Gasteiger partial charge is 0.491 e. The molecule has 52 heavy (non-hydrogen) atoms. The van der Waals surface area contributed by atoms with Crippen LogP contribution in [0.25, 0.3) is 32.7 Å². The highest BCUT2D eigenvalue weighted by Crippen LogP contribution is 2.63. The van der Waals surface area contributed by atoms with Crippen molar-refractivity contribution in [3.63, 3.8) is 0 Å². The van der Waals surface area contributed by atoms with Gasteiger partial charge < -0.3 is 33.2 Å². The van der Waals surface area contributed by atoms with Crippen LogP contribution in [-0.4, -0.2) is 64.1 Å². The number of hydrogen-bond donors (Lipinski definition) is 0. The van der Waals surface area contributed by atoms with Crippen molar-refractivity contribution < 1.29 is 33.2 Å². The van der Waals surface area contributed by atoms with E-state index in [-0.39, 0.29) is 24.4 Å². The molecule has 4 aliphatic rings. The Bertz CT molecular complexity index is 2160. The van der Waals surface area contributed by atoms with Crippen molar-refractivity contribution in [3.8, 4) is 34.1 Å². The zero-order valence-corrected chi connectivity index (χ0v) is 29.3. The molecule has 0 N–H and O–H groups in total. The SMILES string of the molecule is CC(COc1ccc2c3c(ccc2c1)C1(c2ccccc2-c2ccccc21)c1ccc2cc(OCC(C)OCC4CO4)ccc2c1O3)OCC1CO1. The zero-order chi connectivity index (χ0) is 34.8. The molecule has 4 atom stereocenters. The van der Waals surface area contributed by atoms with Gasteiger partial charge in [-0.1, -0.05) is 72.8 Å². The molecule has 0 bridgehead atoms. The molecule has 0 aromatic heterocycles. The highest BCUT2D eigenvalue weighted by Gasteiger charge is 2.51. The van der Waals surface area contributed by atoms with Crippen LogP contribution in [0.5, 0.6) is 23.0 Å². The maximum Gasteiger partial charge on any atom is 0.140 e. The molecule has 1 aliphatic carbocycles. The molecule has 10 rings (SSSR count). The summed E-state index contributed by atoms with van der Waals surface area (Å²) in [4.78, 5) is 0. The quantitative estimate of drug-likeness (QED) is 0.119. The van der Waals surface area contributed by atoms with E-state index in [0.29, 0.717) is 26.4 Å². The topological polar surface area (TPSA) is 71.2 Å². The fourth-order valence-corrected chi connectivity index (χ4v) is 8.01. The molecular formula is C45H40O7.